The maximum Gasteiger partial charge on any atom is 0.323 e. The Kier molecular flexibility index (Phi) is 6.16. The third-order valence-electron chi connectivity index (χ3n) is 3.21. The first kappa shape index (κ1) is 15.3. The van der Waals surface area contributed by atoms with Crippen LogP contribution in [-0.2, 0) is 4.79 Å². The number of carboxylic acids is 1. The summed E-state index contributed by atoms with van der Waals surface area (Å²) >= 11 is 0. The van der Waals surface area contributed by atoms with E-state index >= 15 is 0 Å². The Morgan fingerprint density at radius 1 is 1.47 bits per heavy atom. The highest BCUT2D eigenvalue weighted by atomic mass is 16.4. The number of aliphatic hydroxyl groups excluding tert-OH is 1. The predicted octanol–water partition coefficient (Wildman–Crippen LogP) is 0.221. The van der Waals surface area contributed by atoms with Crippen molar-refractivity contribution in [1.82, 2.24) is 9.80 Å². The van der Waals surface area contributed by atoms with Crippen LogP contribution in [0.1, 0.15) is 19.3 Å². The number of rotatable bonds is 5. The van der Waals surface area contributed by atoms with Gasteiger partial charge in [-0.15, -0.1) is 6.42 Å². The van der Waals surface area contributed by atoms with E-state index in [1.54, 1.807) is 4.90 Å². The minimum atomic E-state index is -1.08. The molecule has 1 atom stereocenters. The third-order valence-corrected chi connectivity index (χ3v) is 3.21. The fraction of sp³-hybridized carbons (Fsp3) is 0.692. The Hall–Kier alpha value is -1.74. The Morgan fingerprint density at radius 2 is 2.21 bits per heavy atom. The summed E-state index contributed by atoms with van der Waals surface area (Å²) in [4.78, 5) is 25.7. The second-order valence-electron chi connectivity index (χ2n) is 4.70. The number of hydrogen-bond acceptors (Lipinski definition) is 3. The number of carboxylic acid groups (broad SMARTS) is 1. The minimum absolute atomic E-state index is 0.00764. The number of carbonyl (C=O) groups excluding carboxylic acids is 1. The molecule has 1 heterocycles. The van der Waals surface area contributed by atoms with Gasteiger partial charge in [0.1, 0.15) is 6.54 Å². The van der Waals surface area contributed by atoms with E-state index in [0.29, 0.717) is 19.5 Å². The average Bonchev–Trinajstić information content (AvgIpc) is 2.37. The molecule has 19 heavy (non-hydrogen) atoms. The lowest BCUT2D eigenvalue weighted by atomic mass is 9.95. The zero-order chi connectivity index (χ0) is 14.3. The fourth-order valence-corrected chi connectivity index (χ4v) is 2.32. The number of hydrogen-bond donors (Lipinski definition) is 2. The molecule has 0 saturated carbocycles. The second kappa shape index (κ2) is 7.64. The number of carbonyl (C=O) groups is 2. The molecule has 1 aliphatic rings. The Labute approximate surface area is 113 Å². The fourth-order valence-electron chi connectivity index (χ4n) is 2.32. The zero-order valence-corrected chi connectivity index (χ0v) is 10.9. The summed E-state index contributed by atoms with van der Waals surface area (Å²) in [7, 11) is 0. The van der Waals surface area contributed by atoms with Crippen LogP contribution >= 0.6 is 0 Å². The summed E-state index contributed by atoms with van der Waals surface area (Å²) < 4.78 is 0. The highest BCUT2D eigenvalue weighted by Gasteiger charge is 2.27. The van der Waals surface area contributed by atoms with Crippen LogP contribution in [-0.4, -0.2) is 64.8 Å². The zero-order valence-electron chi connectivity index (χ0n) is 10.9. The van der Waals surface area contributed by atoms with Crippen molar-refractivity contribution < 1.29 is 19.8 Å². The predicted molar refractivity (Wildman–Crippen MR) is 69.4 cm³/mol. The van der Waals surface area contributed by atoms with Crippen molar-refractivity contribution in [1.29, 1.82) is 0 Å². The van der Waals surface area contributed by atoms with Crippen LogP contribution in [0.3, 0.4) is 0 Å². The van der Waals surface area contributed by atoms with Gasteiger partial charge in [-0.05, 0) is 25.2 Å². The molecule has 0 spiro atoms. The SMILES string of the molecule is C#CCN(CC(=O)O)C(=O)N1CCCC(CCO)C1. The topological polar surface area (TPSA) is 81.1 Å². The lowest BCUT2D eigenvalue weighted by molar-refractivity contribution is -0.137. The number of aliphatic carboxylic acids is 1. The van der Waals surface area contributed by atoms with Gasteiger partial charge >= 0.3 is 12.0 Å². The van der Waals surface area contributed by atoms with Crippen molar-refractivity contribution in [2.75, 3.05) is 32.8 Å². The summed E-state index contributed by atoms with van der Waals surface area (Å²) in [5.41, 5.74) is 0. The Morgan fingerprint density at radius 3 is 2.79 bits per heavy atom. The minimum Gasteiger partial charge on any atom is -0.480 e. The smallest absolute Gasteiger partial charge is 0.323 e. The highest BCUT2D eigenvalue weighted by Crippen LogP contribution is 2.20. The van der Waals surface area contributed by atoms with Gasteiger partial charge in [-0.1, -0.05) is 5.92 Å². The van der Waals surface area contributed by atoms with E-state index < -0.39 is 5.97 Å². The highest BCUT2D eigenvalue weighted by molar-refractivity contribution is 5.80. The Balaban J connectivity index is 2.62. The molecule has 6 heteroatoms. The molecule has 2 N–H and O–H groups in total. The molecule has 1 fully saturated rings. The van der Waals surface area contributed by atoms with Crippen LogP contribution in [0.5, 0.6) is 0 Å². The number of amides is 2. The van der Waals surface area contributed by atoms with Gasteiger partial charge in [0, 0.05) is 19.7 Å². The monoisotopic (exact) mass is 268 g/mol. The van der Waals surface area contributed by atoms with Crippen molar-refractivity contribution in [3.8, 4) is 12.3 Å². The van der Waals surface area contributed by atoms with E-state index in [9.17, 15) is 9.59 Å². The van der Waals surface area contributed by atoms with Crippen LogP contribution in [0.4, 0.5) is 4.79 Å². The molecule has 0 radical (unpaired) electrons. The largest absolute Gasteiger partial charge is 0.480 e. The molecule has 106 valence electrons. The molecule has 0 bridgehead atoms. The van der Waals surface area contributed by atoms with E-state index in [0.717, 1.165) is 17.7 Å². The second-order valence-corrected chi connectivity index (χ2v) is 4.70. The lowest BCUT2D eigenvalue weighted by Gasteiger charge is -2.35. The summed E-state index contributed by atoms with van der Waals surface area (Å²) in [5, 5.41) is 17.7. The first-order valence-corrected chi connectivity index (χ1v) is 6.38. The van der Waals surface area contributed by atoms with Gasteiger partial charge in [-0.3, -0.25) is 4.79 Å². The van der Waals surface area contributed by atoms with E-state index in [1.165, 1.54) is 0 Å². The van der Waals surface area contributed by atoms with Crippen molar-refractivity contribution in [2.24, 2.45) is 5.92 Å². The third kappa shape index (κ3) is 4.79. The van der Waals surface area contributed by atoms with Gasteiger partial charge in [0.15, 0.2) is 0 Å². The van der Waals surface area contributed by atoms with Crippen molar-refractivity contribution in [3.05, 3.63) is 0 Å². The molecule has 1 unspecified atom stereocenters. The molecular weight excluding hydrogens is 248 g/mol. The van der Waals surface area contributed by atoms with Crippen molar-refractivity contribution in [3.63, 3.8) is 0 Å². The van der Waals surface area contributed by atoms with E-state index in [1.807, 2.05) is 0 Å². The molecular formula is C13H20N2O4. The van der Waals surface area contributed by atoms with Gasteiger partial charge in [0.05, 0.1) is 6.54 Å². The van der Waals surface area contributed by atoms with Crippen LogP contribution in [0.2, 0.25) is 0 Å². The van der Waals surface area contributed by atoms with Gasteiger partial charge in [-0.2, -0.15) is 0 Å². The maximum absolute atomic E-state index is 12.2. The summed E-state index contributed by atoms with van der Waals surface area (Å²) in [5.74, 6) is 1.51. The van der Waals surface area contributed by atoms with Gasteiger partial charge < -0.3 is 20.0 Å². The average molecular weight is 268 g/mol. The number of urea groups is 1. The number of aliphatic hydroxyl groups is 1. The summed E-state index contributed by atoms with van der Waals surface area (Å²) in [6.45, 7) is 0.883. The maximum atomic E-state index is 12.2. The quantitative estimate of drug-likeness (QED) is 0.699. The molecule has 1 rings (SSSR count). The molecule has 0 aromatic carbocycles. The summed E-state index contributed by atoms with van der Waals surface area (Å²) in [6.07, 6.45) is 7.68. The molecule has 6 nitrogen and oxygen atoms in total. The molecule has 0 aromatic heterocycles. The first-order chi connectivity index (χ1) is 9.08. The molecule has 0 aliphatic carbocycles. The van der Waals surface area contributed by atoms with E-state index in [2.05, 4.69) is 5.92 Å². The van der Waals surface area contributed by atoms with Crippen molar-refractivity contribution >= 4 is 12.0 Å². The van der Waals surface area contributed by atoms with E-state index in [4.69, 9.17) is 16.6 Å². The van der Waals surface area contributed by atoms with Crippen LogP contribution in [0.15, 0.2) is 0 Å². The lowest BCUT2D eigenvalue weighted by Crippen LogP contribution is -2.49. The number of terminal acetylenes is 1. The number of piperidine rings is 1. The standard InChI is InChI=1S/C13H20N2O4/c1-2-6-14(10-12(17)18)13(19)15-7-3-4-11(9-15)5-8-16/h1,11,16H,3-10H2,(H,17,18). The Bertz CT molecular complexity index is 362. The molecule has 1 aliphatic heterocycles. The van der Waals surface area contributed by atoms with Gasteiger partial charge in [-0.25, -0.2) is 4.79 Å². The van der Waals surface area contributed by atoms with E-state index in [-0.39, 0.29) is 31.6 Å². The number of likely N-dealkylation sites (tertiary alicyclic amines) is 1. The van der Waals surface area contributed by atoms with Crippen molar-refractivity contribution in [2.45, 2.75) is 19.3 Å². The summed E-state index contributed by atoms with van der Waals surface area (Å²) in [6, 6.07) is -0.331. The van der Waals surface area contributed by atoms with Crippen LogP contribution < -0.4 is 0 Å². The molecule has 2 amide bonds. The number of nitrogens with zero attached hydrogens (tertiary/aromatic N) is 2. The molecule has 1 saturated heterocycles. The van der Waals surface area contributed by atoms with Crippen LogP contribution in [0, 0.1) is 18.3 Å². The first-order valence-electron chi connectivity index (χ1n) is 6.38. The van der Waals surface area contributed by atoms with Crippen LogP contribution in [0.25, 0.3) is 0 Å². The van der Waals surface area contributed by atoms with Gasteiger partial charge in [0.2, 0.25) is 0 Å². The normalized spacial score (nSPS) is 18.7. The van der Waals surface area contributed by atoms with Gasteiger partial charge in [0.25, 0.3) is 0 Å². The molecule has 0 aromatic rings.